The van der Waals surface area contributed by atoms with Crippen LogP contribution in [0.25, 0.3) is 45.3 Å². The van der Waals surface area contributed by atoms with Crippen molar-refractivity contribution in [3.63, 3.8) is 0 Å². The van der Waals surface area contributed by atoms with Gasteiger partial charge in [0.2, 0.25) is 0 Å². The zero-order valence-corrected chi connectivity index (χ0v) is 34.6. The van der Waals surface area contributed by atoms with Crippen molar-refractivity contribution < 1.29 is 0 Å². The smallest absolute Gasteiger partial charge is 0.0726 e. The Balaban J connectivity index is 1.13. The minimum Gasteiger partial charge on any atom is -0.354 e. The van der Waals surface area contributed by atoms with E-state index in [0.717, 1.165) is 61.8 Å². The highest BCUT2D eigenvalue weighted by Crippen LogP contribution is 2.64. The van der Waals surface area contributed by atoms with Crippen molar-refractivity contribution in [1.29, 1.82) is 0 Å². The molecule has 298 valence electrons. The molecule has 1 aliphatic heterocycles. The minimum absolute atomic E-state index is 0.407. The normalized spacial score (nSPS) is 14.9. The van der Waals surface area contributed by atoms with Crippen LogP contribution in [0.4, 0.5) is 17.1 Å². The Morgan fingerprint density at radius 1 is 0.460 bits per heavy atom. The molecule has 12 rings (SSSR count). The molecule has 0 amide bonds. The van der Waals surface area contributed by atoms with Crippen LogP contribution in [0.2, 0.25) is 0 Å². The molecule has 9 aromatic carbocycles. The number of hydrogen-bond donors (Lipinski definition) is 2. The molecule has 3 aliphatic rings. The molecule has 0 fully saturated rings. The van der Waals surface area contributed by atoms with Gasteiger partial charge in [0.1, 0.15) is 0 Å². The molecule has 3 N–H and O–H groups in total. The summed E-state index contributed by atoms with van der Waals surface area (Å²) < 4.78 is 0. The van der Waals surface area contributed by atoms with Crippen LogP contribution in [0.3, 0.4) is 0 Å². The number of hydrogen-bond acceptors (Lipinski definition) is 3. The molecule has 1 heterocycles. The van der Waals surface area contributed by atoms with E-state index in [0.29, 0.717) is 0 Å². The lowest BCUT2D eigenvalue weighted by molar-refractivity contribution is 0.794. The van der Waals surface area contributed by atoms with Crippen molar-refractivity contribution in [2.75, 3.05) is 4.90 Å². The van der Waals surface area contributed by atoms with Gasteiger partial charge < -0.3 is 16.0 Å². The van der Waals surface area contributed by atoms with Crippen LogP contribution in [0.1, 0.15) is 56.1 Å². The lowest BCUT2D eigenvalue weighted by atomic mass is 9.70. The van der Waals surface area contributed by atoms with Gasteiger partial charge in [-0.25, -0.2) is 0 Å². The maximum Gasteiger partial charge on any atom is 0.0726 e. The number of para-hydroxylation sites is 1. The van der Waals surface area contributed by atoms with Gasteiger partial charge in [-0.05, 0) is 97.6 Å². The molecule has 63 heavy (non-hydrogen) atoms. The fourth-order valence-corrected chi connectivity index (χ4v) is 10.6. The number of benzene rings is 9. The molecule has 3 heteroatoms. The summed E-state index contributed by atoms with van der Waals surface area (Å²) >= 11 is 0. The molecular formula is C60H43N3. The molecule has 2 aliphatic carbocycles. The van der Waals surface area contributed by atoms with E-state index in [1.807, 2.05) is 6.07 Å². The number of rotatable bonds is 7. The van der Waals surface area contributed by atoms with E-state index < -0.39 is 11.5 Å². The van der Waals surface area contributed by atoms with E-state index in [1.165, 1.54) is 44.5 Å². The first-order valence-electron chi connectivity index (χ1n) is 21.8. The predicted molar refractivity (Wildman–Crippen MR) is 261 cm³/mol. The Bertz CT molecular complexity index is 3210. The van der Waals surface area contributed by atoms with E-state index >= 15 is 0 Å². The van der Waals surface area contributed by atoms with Gasteiger partial charge in [0, 0.05) is 33.8 Å². The van der Waals surface area contributed by atoms with E-state index in [-0.39, 0.29) is 0 Å². The van der Waals surface area contributed by atoms with Crippen molar-refractivity contribution in [2.24, 2.45) is 5.73 Å². The molecule has 9 aromatic rings. The van der Waals surface area contributed by atoms with Crippen LogP contribution in [-0.2, 0) is 5.41 Å². The predicted octanol–water partition coefficient (Wildman–Crippen LogP) is 14.2. The summed E-state index contributed by atoms with van der Waals surface area (Å²) in [6.45, 7) is 0. The Morgan fingerprint density at radius 2 is 1.00 bits per heavy atom. The summed E-state index contributed by atoms with van der Waals surface area (Å²) in [5.41, 5.74) is 29.1. The first-order valence-corrected chi connectivity index (χ1v) is 21.8. The summed E-state index contributed by atoms with van der Waals surface area (Å²) in [6.07, 6.45) is 2.27. The monoisotopic (exact) mass is 805 g/mol. The van der Waals surface area contributed by atoms with Gasteiger partial charge in [-0.15, -0.1) is 0 Å². The summed E-state index contributed by atoms with van der Waals surface area (Å²) in [4.78, 5) is 2.45. The molecule has 1 atom stereocenters. The Labute approximate surface area is 368 Å². The highest BCUT2D eigenvalue weighted by Gasteiger charge is 2.52. The molecule has 3 nitrogen and oxygen atoms in total. The zero-order chi connectivity index (χ0) is 41.9. The molecular weight excluding hydrogens is 763 g/mol. The first-order chi connectivity index (χ1) is 31.2. The number of nitrogens with one attached hydrogen (secondary N) is 1. The van der Waals surface area contributed by atoms with Gasteiger partial charge in [-0.2, -0.15) is 0 Å². The zero-order valence-electron chi connectivity index (χ0n) is 34.6. The average Bonchev–Trinajstić information content (AvgIpc) is 3.83. The van der Waals surface area contributed by atoms with Crippen LogP contribution in [0.5, 0.6) is 0 Å². The largest absolute Gasteiger partial charge is 0.354 e. The first kappa shape index (κ1) is 36.8. The van der Waals surface area contributed by atoms with Crippen molar-refractivity contribution in [3.05, 3.63) is 281 Å². The SMILES string of the molecule is NC(/C(=C1\NC(c2ccccc2)=Cc2ccc(N(c3ccccc3)c3cccc4c3-c3ccccc3C43c4ccccc4-c4ccccc43)cc21)c1ccccc1)c1ccccc1. The summed E-state index contributed by atoms with van der Waals surface area (Å²) in [7, 11) is 0. The van der Waals surface area contributed by atoms with Crippen molar-refractivity contribution in [3.8, 4) is 22.3 Å². The Kier molecular flexibility index (Phi) is 8.70. The topological polar surface area (TPSA) is 41.3 Å². The fourth-order valence-electron chi connectivity index (χ4n) is 10.6. The molecule has 0 saturated carbocycles. The van der Waals surface area contributed by atoms with E-state index in [4.69, 9.17) is 5.73 Å². The maximum absolute atomic E-state index is 7.43. The Morgan fingerprint density at radius 3 is 1.67 bits per heavy atom. The van der Waals surface area contributed by atoms with Crippen LogP contribution >= 0.6 is 0 Å². The maximum atomic E-state index is 7.43. The minimum atomic E-state index is -0.454. The van der Waals surface area contributed by atoms with Gasteiger partial charge in [-0.1, -0.05) is 200 Å². The van der Waals surface area contributed by atoms with Crippen LogP contribution in [0, 0.1) is 0 Å². The van der Waals surface area contributed by atoms with Gasteiger partial charge >= 0.3 is 0 Å². The van der Waals surface area contributed by atoms with Crippen molar-refractivity contribution in [2.45, 2.75) is 11.5 Å². The highest BCUT2D eigenvalue weighted by atomic mass is 15.1. The van der Waals surface area contributed by atoms with Gasteiger partial charge in [-0.3, -0.25) is 0 Å². The van der Waals surface area contributed by atoms with Crippen LogP contribution in [0.15, 0.2) is 231 Å². The van der Waals surface area contributed by atoms with Gasteiger partial charge in [0.15, 0.2) is 0 Å². The van der Waals surface area contributed by atoms with Crippen molar-refractivity contribution >= 4 is 40.1 Å². The van der Waals surface area contributed by atoms with E-state index in [2.05, 4.69) is 241 Å². The number of nitrogens with two attached hydrogens (primary N) is 1. The van der Waals surface area contributed by atoms with Crippen molar-refractivity contribution in [1.82, 2.24) is 5.32 Å². The fraction of sp³-hybridized carbons (Fsp3) is 0.0333. The second-order valence-electron chi connectivity index (χ2n) is 16.6. The molecule has 0 aromatic heterocycles. The average molecular weight is 806 g/mol. The van der Waals surface area contributed by atoms with Crippen LogP contribution < -0.4 is 16.0 Å². The summed E-state index contributed by atoms with van der Waals surface area (Å²) in [5.74, 6) is 0. The highest BCUT2D eigenvalue weighted by molar-refractivity contribution is 6.05. The lowest BCUT2D eigenvalue weighted by Gasteiger charge is -2.33. The third kappa shape index (κ3) is 5.71. The van der Waals surface area contributed by atoms with E-state index in [1.54, 1.807) is 0 Å². The third-order valence-corrected chi connectivity index (χ3v) is 13.3. The summed E-state index contributed by atoms with van der Waals surface area (Å²) in [6, 6.07) is 82.9. The van der Waals surface area contributed by atoms with Gasteiger partial charge in [0.25, 0.3) is 0 Å². The Hall–Kier alpha value is -7.98. The molecule has 1 unspecified atom stereocenters. The molecule has 0 saturated heterocycles. The third-order valence-electron chi connectivity index (χ3n) is 13.3. The quantitative estimate of drug-likeness (QED) is 0.169. The van der Waals surface area contributed by atoms with Crippen LogP contribution in [-0.4, -0.2) is 0 Å². The number of anilines is 3. The van der Waals surface area contributed by atoms with E-state index in [9.17, 15) is 0 Å². The summed E-state index contributed by atoms with van der Waals surface area (Å²) in [5, 5.41) is 3.97. The molecule has 0 bridgehead atoms. The number of fused-ring (bicyclic) bond motifs is 11. The second-order valence-corrected chi connectivity index (χ2v) is 16.6. The van der Waals surface area contributed by atoms with Gasteiger partial charge in [0.05, 0.1) is 22.8 Å². The molecule has 1 spiro atoms. The second kappa shape index (κ2) is 14.9. The lowest BCUT2D eigenvalue weighted by Crippen LogP contribution is -2.26. The number of nitrogens with zero attached hydrogens (tertiary/aromatic N) is 1. The molecule has 0 radical (unpaired) electrons. The standard InChI is InChI=1S/C60H43N3/c61-58(42-24-9-3-10-25-42)56(41-22-7-2-8-23-41)59-49-39-45(37-36-43(49)38-54(62-59)40-20-5-1-6-21-40)63(44-26-11-4-12-27-44)55-35-19-34-53-57(55)48-30-15-18-33-52(48)60(53)50-31-16-13-28-46(50)47-29-14-17-32-51(47)60/h1-39,58,62H,61H2/b59-56-.